The number of esters is 1. The number of carbonyl (C=O) groups is 2. The SMILES string of the molecule is O=C(COC(=O)c1ccccc1Br)NCc1ccc(F)cc1Cl. The van der Waals surface area contributed by atoms with Gasteiger partial charge in [-0.1, -0.05) is 29.8 Å². The molecular weight excluding hydrogens is 389 g/mol. The van der Waals surface area contributed by atoms with Gasteiger partial charge in [0.15, 0.2) is 6.61 Å². The number of benzene rings is 2. The van der Waals surface area contributed by atoms with Crippen LogP contribution >= 0.6 is 27.5 Å². The van der Waals surface area contributed by atoms with Crippen LogP contribution in [0.3, 0.4) is 0 Å². The van der Waals surface area contributed by atoms with Crippen LogP contribution in [0, 0.1) is 5.82 Å². The number of halogens is 3. The third-order valence-electron chi connectivity index (χ3n) is 2.92. The molecule has 2 aromatic carbocycles. The summed E-state index contributed by atoms with van der Waals surface area (Å²) in [6, 6.07) is 10.6. The molecule has 0 saturated heterocycles. The molecule has 1 N–H and O–H groups in total. The second-order valence-corrected chi connectivity index (χ2v) is 5.83. The fourth-order valence-corrected chi connectivity index (χ4v) is 2.43. The summed E-state index contributed by atoms with van der Waals surface area (Å²) in [6.07, 6.45) is 0. The zero-order chi connectivity index (χ0) is 16.8. The summed E-state index contributed by atoms with van der Waals surface area (Å²) < 4.78 is 18.4. The molecule has 0 fully saturated rings. The van der Waals surface area contributed by atoms with Crippen molar-refractivity contribution in [3.63, 3.8) is 0 Å². The van der Waals surface area contributed by atoms with Crippen LogP contribution in [0.25, 0.3) is 0 Å². The highest BCUT2D eigenvalue weighted by Gasteiger charge is 2.13. The predicted octanol–water partition coefficient (Wildman–Crippen LogP) is 3.71. The first-order valence-electron chi connectivity index (χ1n) is 6.59. The van der Waals surface area contributed by atoms with Crippen LogP contribution in [0.2, 0.25) is 5.02 Å². The van der Waals surface area contributed by atoms with E-state index >= 15 is 0 Å². The molecule has 0 radical (unpaired) electrons. The van der Waals surface area contributed by atoms with Gasteiger partial charge in [-0.2, -0.15) is 0 Å². The molecule has 2 rings (SSSR count). The Labute approximate surface area is 145 Å². The third-order valence-corrected chi connectivity index (χ3v) is 3.96. The molecule has 2 aromatic rings. The Kier molecular flexibility index (Phi) is 6.12. The second-order valence-electron chi connectivity index (χ2n) is 4.57. The molecule has 0 heterocycles. The van der Waals surface area contributed by atoms with Crippen LogP contribution in [-0.2, 0) is 16.1 Å². The summed E-state index contributed by atoms with van der Waals surface area (Å²) in [5.74, 6) is -1.54. The van der Waals surface area contributed by atoms with Crippen LogP contribution in [0.15, 0.2) is 46.9 Å². The lowest BCUT2D eigenvalue weighted by Gasteiger charge is -2.08. The quantitative estimate of drug-likeness (QED) is 0.779. The van der Waals surface area contributed by atoms with Crippen molar-refractivity contribution in [2.75, 3.05) is 6.61 Å². The lowest BCUT2D eigenvalue weighted by Crippen LogP contribution is -2.28. The van der Waals surface area contributed by atoms with Crippen LogP contribution in [0.4, 0.5) is 4.39 Å². The zero-order valence-electron chi connectivity index (χ0n) is 11.8. The van der Waals surface area contributed by atoms with Crippen molar-refractivity contribution >= 4 is 39.4 Å². The summed E-state index contributed by atoms with van der Waals surface area (Å²) in [4.78, 5) is 23.5. The fourth-order valence-electron chi connectivity index (χ4n) is 1.75. The Morgan fingerprint density at radius 1 is 1.22 bits per heavy atom. The number of ether oxygens (including phenoxy) is 1. The summed E-state index contributed by atoms with van der Waals surface area (Å²) in [7, 11) is 0. The first kappa shape index (κ1) is 17.4. The van der Waals surface area contributed by atoms with E-state index < -0.39 is 24.3 Å². The predicted molar refractivity (Wildman–Crippen MR) is 87.7 cm³/mol. The van der Waals surface area contributed by atoms with Crippen molar-refractivity contribution in [2.45, 2.75) is 6.54 Å². The third kappa shape index (κ3) is 5.04. The van der Waals surface area contributed by atoms with Crippen LogP contribution in [0.5, 0.6) is 0 Å². The van der Waals surface area contributed by atoms with Crippen molar-refractivity contribution in [1.29, 1.82) is 0 Å². The van der Waals surface area contributed by atoms with Gasteiger partial charge in [-0.3, -0.25) is 4.79 Å². The van der Waals surface area contributed by atoms with Gasteiger partial charge in [0.25, 0.3) is 5.91 Å². The lowest BCUT2D eigenvalue weighted by molar-refractivity contribution is -0.124. The summed E-state index contributed by atoms with van der Waals surface area (Å²) in [5, 5.41) is 2.76. The molecule has 7 heteroatoms. The average Bonchev–Trinajstić information content (AvgIpc) is 2.52. The maximum absolute atomic E-state index is 12.9. The lowest BCUT2D eigenvalue weighted by atomic mass is 10.2. The van der Waals surface area contributed by atoms with E-state index in [0.717, 1.165) is 6.07 Å². The molecule has 0 aliphatic carbocycles. The first-order valence-corrected chi connectivity index (χ1v) is 7.77. The summed E-state index contributed by atoms with van der Waals surface area (Å²) >= 11 is 9.09. The summed E-state index contributed by atoms with van der Waals surface area (Å²) in [6.45, 7) is -0.302. The number of hydrogen-bond donors (Lipinski definition) is 1. The maximum Gasteiger partial charge on any atom is 0.339 e. The van der Waals surface area contributed by atoms with Gasteiger partial charge in [-0.05, 0) is 45.8 Å². The van der Waals surface area contributed by atoms with E-state index in [4.69, 9.17) is 16.3 Å². The van der Waals surface area contributed by atoms with Crippen molar-refractivity contribution in [2.24, 2.45) is 0 Å². The van der Waals surface area contributed by atoms with Gasteiger partial charge >= 0.3 is 5.97 Å². The molecular formula is C16H12BrClFNO3. The molecule has 0 atom stereocenters. The van der Waals surface area contributed by atoms with E-state index in [2.05, 4.69) is 21.2 Å². The van der Waals surface area contributed by atoms with Crippen molar-refractivity contribution in [3.8, 4) is 0 Å². The topological polar surface area (TPSA) is 55.4 Å². The van der Waals surface area contributed by atoms with E-state index in [1.54, 1.807) is 24.3 Å². The van der Waals surface area contributed by atoms with Crippen molar-refractivity contribution in [3.05, 3.63) is 68.9 Å². The van der Waals surface area contributed by atoms with Crippen molar-refractivity contribution < 1.29 is 18.7 Å². The van der Waals surface area contributed by atoms with E-state index in [0.29, 0.717) is 15.6 Å². The molecule has 0 bridgehead atoms. The molecule has 0 aliphatic rings. The Hall–Kier alpha value is -1.92. The molecule has 120 valence electrons. The Balaban J connectivity index is 1.83. The molecule has 0 spiro atoms. The minimum Gasteiger partial charge on any atom is -0.452 e. The smallest absolute Gasteiger partial charge is 0.339 e. The average molecular weight is 401 g/mol. The number of hydrogen-bond acceptors (Lipinski definition) is 3. The van der Waals surface area contributed by atoms with Gasteiger partial charge in [-0.25, -0.2) is 9.18 Å². The van der Waals surface area contributed by atoms with E-state index in [-0.39, 0.29) is 11.6 Å². The van der Waals surface area contributed by atoms with E-state index in [9.17, 15) is 14.0 Å². The summed E-state index contributed by atoms with van der Waals surface area (Å²) in [5.41, 5.74) is 0.903. The van der Waals surface area contributed by atoms with Gasteiger partial charge in [0.05, 0.1) is 5.56 Å². The molecule has 0 aromatic heterocycles. The van der Waals surface area contributed by atoms with Crippen molar-refractivity contribution in [1.82, 2.24) is 5.32 Å². The second kappa shape index (κ2) is 8.08. The van der Waals surface area contributed by atoms with Crippen LogP contribution < -0.4 is 5.32 Å². The normalized spacial score (nSPS) is 10.2. The molecule has 0 unspecified atom stereocenters. The highest BCUT2D eigenvalue weighted by Crippen LogP contribution is 2.17. The van der Waals surface area contributed by atoms with Gasteiger partial charge < -0.3 is 10.1 Å². The standard InChI is InChI=1S/C16H12BrClFNO3/c17-13-4-2-1-3-12(13)16(22)23-9-15(21)20-8-10-5-6-11(19)7-14(10)18/h1-7H,8-9H2,(H,20,21). The Morgan fingerprint density at radius 3 is 2.65 bits per heavy atom. The van der Waals surface area contributed by atoms with Gasteiger partial charge in [-0.15, -0.1) is 0 Å². The largest absolute Gasteiger partial charge is 0.452 e. The van der Waals surface area contributed by atoms with E-state index in [1.165, 1.54) is 12.1 Å². The van der Waals surface area contributed by atoms with Crippen LogP contribution in [0.1, 0.15) is 15.9 Å². The number of amides is 1. The molecule has 23 heavy (non-hydrogen) atoms. The molecule has 4 nitrogen and oxygen atoms in total. The zero-order valence-corrected chi connectivity index (χ0v) is 14.2. The molecule has 0 aliphatic heterocycles. The fraction of sp³-hybridized carbons (Fsp3) is 0.125. The highest BCUT2D eigenvalue weighted by atomic mass is 79.9. The van der Waals surface area contributed by atoms with Crippen LogP contribution in [-0.4, -0.2) is 18.5 Å². The monoisotopic (exact) mass is 399 g/mol. The number of nitrogens with one attached hydrogen (secondary N) is 1. The molecule has 0 saturated carbocycles. The Bertz CT molecular complexity index is 739. The van der Waals surface area contributed by atoms with Gasteiger partial charge in [0, 0.05) is 16.0 Å². The van der Waals surface area contributed by atoms with E-state index in [1.807, 2.05) is 0 Å². The Morgan fingerprint density at radius 2 is 1.96 bits per heavy atom. The maximum atomic E-state index is 12.9. The molecule has 1 amide bonds. The number of carbonyl (C=O) groups excluding carboxylic acids is 2. The first-order chi connectivity index (χ1) is 11.0. The number of rotatable bonds is 5. The minimum absolute atomic E-state index is 0.116. The van der Waals surface area contributed by atoms with Gasteiger partial charge in [0.1, 0.15) is 5.82 Å². The van der Waals surface area contributed by atoms with Gasteiger partial charge in [0.2, 0.25) is 0 Å². The highest BCUT2D eigenvalue weighted by molar-refractivity contribution is 9.10. The minimum atomic E-state index is -0.604.